The number of hydrogen-bond acceptors (Lipinski definition) is 4. The number of aliphatic hydroxyl groups is 1. The van der Waals surface area contributed by atoms with E-state index in [1.54, 1.807) is 30.3 Å². The van der Waals surface area contributed by atoms with Gasteiger partial charge in [0.25, 0.3) is 5.69 Å². The van der Waals surface area contributed by atoms with Crippen molar-refractivity contribution in [2.75, 3.05) is 11.9 Å². The van der Waals surface area contributed by atoms with Gasteiger partial charge < -0.3 is 10.4 Å². The van der Waals surface area contributed by atoms with Crippen LogP contribution in [0, 0.1) is 10.1 Å². The van der Waals surface area contributed by atoms with Crippen LogP contribution in [0.5, 0.6) is 0 Å². The molecule has 0 heterocycles. The van der Waals surface area contributed by atoms with Crippen LogP contribution in [-0.2, 0) is 6.18 Å². The SMILES string of the molecule is O=[N+]([O-])c1ccc(N[C@@H](CCO)c2ccccc2)cc1C(F)(F)F. The molecule has 24 heavy (non-hydrogen) atoms. The van der Waals surface area contributed by atoms with Gasteiger partial charge in [-0.3, -0.25) is 10.1 Å². The van der Waals surface area contributed by atoms with Crippen molar-refractivity contribution in [3.05, 3.63) is 69.8 Å². The average molecular weight is 340 g/mol. The summed E-state index contributed by atoms with van der Waals surface area (Å²) in [6.07, 6.45) is -4.55. The van der Waals surface area contributed by atoms with E-state index in [1.165, 1.54) is 6.07 Å². The van der Waals surface area contributed by atoms with Crippen LogP contribution in [0.3, 0.4) is 0 Å². The summed E-state index contributed by atoms with van der Waals surface area (Å²) in [6.45, 7) is -0.161. The lowest BCUT2D eigenvalue weighted by Gasteiger charge is -2.20. The molecule has 0 fully saturated rings. The minimum absolute atomic E-state index is 0.0928. The van der Waals surface area contributed by atoms with E-state index in [-0.39, 0.29) is 18.7 Å². The highest BCUT2D eigenvalue weighted by Gasteiger charge is 2.38. The van der Waals surface area contributed by atoms with Crippen molar-refractivity contribution in [2.45, 2.75) is 18.6 Å². The van der Waals surface area contributed by atoms with Crippen molar-refractivity contribution in [3.63, 3.8) is 0 Å². The lowest BCUT2D eigenvalue weighted by atomic mass is 10.0. The molecule has 2 aromatic carbocycles. The number of nitro benzene ring substituents is 1. The first-order chi connectivity index (χ1) is 11.3. The predicted octanol–water partition coefficient (Wildman–Crippen LogP) is 4.15. The second kappa shape index (κ2) is 7.31. The lowest BCUT2D eigenvalue weighted by Crippen LogP contribution is -2.14. The van der Waals surface area contributed by atoms with E-state index < -0.39 is 28.4 Å². The summed E-state index contributed by atoms with van der Waals surface area (Å²) in [5.41, 5.74) is -1.42. The predicted molar refractivity (Wildman–Crippen MR) is 82.6 cm³/mol. The molecule has 0 bridgehead atoms. The fraction of sp³-hybridized carbons (Fsp3) is 0.250. The zero-order valence-corrected chi connectivity index (χ0v) is 12.5. The second-order valence-corrected chi connectivity index (χ2v) is 5.11. The molecule has 2 aromatic rings. The van der Waals surface area contributed by atoms with Crippen LogP contribution in [0.1, 0.15) is 23.6 Å². The Balaban J connectivity index is 2.36. The van der Waals surface area contributed by atoms with Gasteiger partial charge in [0.1, 0.15) is 5.56 Å². The van der Waals surface area contributed by atoms with Crippen LogP contribution >= 0.6 is 0 Å². The highest BCUT2D eigenvalue weighted by atomic mass is 19.4. The third-order valence-electron chi connectivity index (χ3n) is 3.46. The van der Waals surface area contributed by atoms with Gasteiger partial charge in [0.05, 0.1) is 11.0 Å². The Morgan fingerprint density at radius 1 is 1.17 bits per heavy atom. The number of rotatable bonds is 6. The van der Waals surface area contributed by atoms with Gasteiger partial charge in [-0.2, -0.15) is 13.2 Å². The minimum atomic E-state index is -4.83. The standard InChI is InChI=1S/C16H15F3N2O3/c17-16(18,19)13-10-12(6-7-15(13)21(23)24)20-14(8-9-22)11-4-2-1-3-5-11/h1-7,10,14,20,22H,8-9H2/t14-/m0/s1. The third kappa shape index (κ3) is 4.23. The normalized spacial score (nSPS) is 12.7. The smallest absolute Gasteiger partial charge is 0.396 e. The molecule has 0 saturated carbocycles. The Kier molecular flexibility index (Phi) is 5.40. The Bertz CT molecular complexity index is 705. The zero-order valence-electron chi connectivity index (χ0n) is 12.5. The zero-order chi connectivity index (χ0) is 17.7. The average Bonchev–Trinajstić information content (AvgIpc) is 2.54. The van der Waals surface area contributed by atoms with Gasteiger partial charge in [0, 0.05) is 18.4 Å². The molecule has 2 rings (SSSR count). The molecule has 0 aliphatic rings. The summed E-state index contributed by atoms with van der Waals surface area (Å²) in [7, 11) is 0. The summed E-state index contributed by atoms with van der Waals surface area (Å²) < 4.78 is 39.1. The Hall–Kier alpha value is -2.61. The molecule has 128 valence electrons. The molecule has 8 heteroatoms. The number of anilines is 1. The maximum absolute atomic E-state index is 13.0. The topological polar surface area (TPSA) is 75.4 Å². The van der Waals surface area contributed by atoms with Gasteiger partial charge in [-0.05, 0) is 24.1 Å². The fourth-order valence-electron chi connectivity index (χ4n) is 2.35. The van der Waals surface area contributed by atoms with E-state index >= 15 is 0 Å². The Morgan fingerprint density at radius 3 is 2.38 bits per heavy atom. The van der Waals surface area contributed by atoms with Gasteiger partial charge in [-0.25, -0.2) is 0 Å². The van der Waals surface area contributed by atoms with Gasteiger partial charge in [-0.15, -0.1) is 0 Å². The van der Waals surface area contributed by atoms with Crippen molar-refractivity contribution in [3.8, 4) is 0 Å². The molecular weight excluding hydrogens is 325 g/mol. The van der Waals surface area contributed by atoms with Gasteiger partial charge in [-0.1, -0.05) is 30.3 Å². The molecule has 0 aliphatic heterocycles. The summed E-state index contributed by atoms with van der Waals surface area (Å²) in [4.78, 5) is 9.72. The number of nitrogens with zero attached hydrogens (tertiary/aromatic N) is 1. The molecule has 0 spiro atoms. The first-order valence-electron chi connectivity index (χ1n) is 7.11. The highest BCUT2D eigenvalue weighted by molar-refractivity contribution is 5.56. The number of halogens is 3. The van der Waals surface area contributed by atoms with Crippen molar-refractivity contribution in [2.24, 2.45) is 0 Å². The Labute approximate surface area is 135 Å². The van der Waals surface area contributed by atoms with Gasteiger partial charge >= 0.3 is 6.18 Å². The fourth-order valence-corrected chi connectivity index (χ4v) is 2.35. The van der Waals surface area contributed by atoms with E-state index in [1.807, 2.05) is 0 Å². The highest BCUT2D eigenvalue weighted by Crippen LogP contribution is 2.38. The third-order valence-corrected chi connectivity index (χ3v) is 3.46. The van der Waals surface area contributed by atoms with Crippen LogP contribution in [0.4, 0.5) is 24.5 Å². The van der Waals surface area contributed by atoms with E-state index in [4.69, 9.17) is 5.11 Å². The largest absolute Gasteiger partial charge is 0.423 e. The molecule has 0 amide bonds. The summed E-state index contributed by atoms with van der Waals surface area (Å²) in [5.74, 6) is 0. The number of hydrogen-bond donors (Lipinski definition) is 2. The van der Waals surface area contributed by atoms with E-state index in [0.717, 1.165) is 11.6 Å². The maximum Gasteiger partial charge on any atom is 0.423 e. The van der Waals surface area contributed by atoms with Crippen LogP contribution in [0.15, 0.2) is 48.5 Å². The summed E-state index contributed by atoms with van der Waals surface area (Å²) in [6, 6.07) is 11.3. The molecule has 5 nitrogen and oxygen atoms in total. The van der Waals surface area contributed by atoms with Crippen molar-refractivity contribution < 1.29 is 23.2 Å². The summed E-state index contributed by atoms with van der Waals surface area (Å²) in [5, 5.41) is 22.8. The van der Waals surface area contributed by atoms with Gasteiger partial charge in [0.2, 0.25) is 0 Å². The number of nitro groups is 1. The second-order valence-electron chi connectivity index (χ2n) is 5.11. The van der Waals surface area contributed by atoms with Gasteiger partial charge in [0.15, 0.2) is 0 Å². The molecule has 0 saturated heterocycles. The molecule has 0 radical (unpaired) electrons. The molecular formula is C16H15F3N2O3. The molecule has 0 aromatic heterocycles. The number of nitrogens with one attached hydrogen (secondary N) is 1. The molecule has 0 unspecified atom stereocenters. The number of aliphatic hydroxyl groups excluding tert-OH is 1. The Morgan fingerprint density at radius 2 is 1.83 bits per heavy atom. The van der Waals surface area contributed by atoms with E-state index in [2.05, 4.69) is 5.32 Å². The number of alkyl halides is 3. The monoisotopic (exact) mass is 340 g/mol. The molecule has 0 aliphatic carbocycles. The molecule has 2 N–H and O–H groups in total. The van der Waals surface area contributed by atoms with Crippen molar-refractivity contribution >= 4 is 11.4 Å². The quantitative estimate of drug-likeness (QED) is 0.612. The lowest BCUT2D eigenvalue weighted by molar-refractivity contribution is -0.388. The van der Waals surface area contributed by atoms with Crippen molar-refractivity contribution in [1.82, 2.24) is 0 Å². The van der Waals surface area contributed by atoms with Crippen LogP contribution in [0.2, 0.25) is 0 Å². The number of benzene rings is 2. The maximum atomic E-state index is 13.0. The van der Waals surface area contributed by atoms with E-state index in [0.29, 0.717) is 6.07 Å². The van der Waals surface area contributed by atoms with E-state index in [9.17, 15) is 23.3 Å². The molecule has 1 atom stereocenters. The summed E-state index contributed by atoms with van der Waals surface area (Å²) >= 11 is 0. The van der Waals surface area contributed by atoms with Crippen LogP contribution in [0.25, 0.3) is 0 Å². The first kappa shape index (κ1) is 17.7. The first-order valence-corrected chi connectivity index (χ1v) is 7.11. The van der Waals surface area contributed by atoms with Crippen LogP contribution in [-0.4, -0.2) is 16.6 Å². The van der Waals surface area contributed by atoms with Crippen LogP contribution < -0.4 is 5.32 Å². The minimum Gasteiger partial charge on any atom is -0.396 e. The van der Waals surface area contributed by atoms with Crippen molar-refractivity contribution in [1.29, 1.82) is 0 Å².